The molecule has 2 aliphatic heterocycles. The van der Waals surface area contributed by atoms with Gasteiger partial charge in [-0.25, -0.2) is 9.50 Å². The van der Waals surface area contributed by atoms with Gasteiger partial charge in [-0.2, -0.15) is 18.3 Å². The van der Waals surface area contributed by atoms with Crippen LogP contribution in [0.15, 0.2) is 24.3 Å². The largest absolute Gasteiger partial charge is 0.454 e. The molecule has 2 aliphatic rings. The van der Waals surface area contributed by atoms with E-state index in [0.717, 1.165) is 65.7 Å². The van der Waals surface area contributed by atoms with Gasteiger partial charge in [0.05, 0.1) is 5.69 Å². The first-order chi connectivity index (χ1) is 14.8. The molecule has 0 unspecified atom stereocenters. The maximum Gasteiger partial charge on any atom is 0.433 e. The summed E-state index contributed by atoms with van der Waals surface area (Å²) < 4.78 is 52.3. The van der Waals surface area contributed by atoms with Crippen LogP contribution in [-0.2, 0) is 12.7 Å². The Morgan fingerprint density at radius 1 is 1.10 bits per heavy atom. The van der Waals surface area contributed by atoms with E-state index in [0.29, 0.717) is 11.4 Å². The molecule has 0 bridgehead atoms. The van der Waals surface area contributed by atoms with Gasteiger partial charge in [0.25, 0.3) is 0 Å². The van der Waals surface area contributed by atoms with Gasteiger partial charge in [0, 0.05) is 30.8 Å². The van der Waals surface area contributed by atoms with Gasteiger partial charge in [-0.3, -0.25) is 4.90 Å². The third-order valence-corrected chi connectivity index (χ3v) is 6.01. The number of halogens is 3. The van der Waals surface area contributed by atoms with E-state index < -0.39 is 11.9 Å². The van der Waals surface area contributed by atoms with Crippen molar-refractivity contribution >= 4 is 5.65 Å². The Balaban J connectivity index is 1.39. The fraction of sp³-hybridized carbons (Fsp3) is 0.455. The highest BCUT2D eigenvalue weighted by molar-refractivity contribution is 5.48. The second kappa shape index (κ2) is 7.40. The standard InChI is InChI=1S/C22H23F3N4O2/c1-13-6-18-19(31-12-30-18)8-16(13)11-28-5-3-4-15(10-28)17-9-21-26-14(2)7-20(22(23,24)25)29(21)27-17/h6-9,15H,3-5,10-12H2,1-2H3/t15-/m0/s1. The Morgan fingerprint density at radius 3 is 2.65 bits per heavy atom. The Bertz CT molecular complexity index is 1140. The highest BCUT2D eigenvalue weighted by Gasteiger charge is 2.35. The molecule has 1 saturated heterocycles. The zero-order valence-corrected chi connectivity index (χ0v) is 17.4. The Kier molecular flexibility index (Phi) is 4.80. The number of alkyl halides is 3. The number of nitrogens with zero attached hydrogens (tertiary/aromatic N) is 4. The van der Waals surface area contributed by atoms with Crippen molar-refractivity contribution in [1.82, 2.24) is 19.5 Å². The van der Waals surface area contributed by atoms with Crippen molar-refractivity contribution in [2.45, 2.75) is 45.3 Å². The van der Waals surface area contributed by atoms with Gasteiger partial charge in [0.15, 0.2) is 17.1 Å². The summed E-state index contributed by atoms with van der Waals surface area (Å²) in [5.74, 6) is 1.59. The van der Waals surface area contributed by atoms with Gasteiger partial charge in [-0.05, 0) is 62.6 Å². The molecule has 6 nitrogen and oxygen atoms in total. The maximum absolute atomic E-state index is 13.5. The number of piperidine rings is 1. The summed E-state index contributed by atoms with van der Waals surface area (Å²) in [5, 5.41) is 4.32. The molecule has 0 saturated carbocycles. The van der Waals surface area contributed by atoms with E-state index in [1.165, 1.54) is 0 Å². The molecule has 9 heteroatoms. The highest BCUT2D eigenvalue weighted by Crippen LogP contribution is 2.36. The van der Waals surface area contributed by atoms with Crippen molar-refractivity contribution in [1.29, 1.82) is 0 Å². The number of hydrogen-bond acceptors (Lipinski definition) is 5. The molecule has 164 valence electrons. The second-order valence-electron chi connectivity index (χ2n) is 8.33. The van der Waals surface area contributed by atoms with Gasteiger partial charge in [-0.15, -0.1) is 0 Å². The SMILES string of the molecule is Cc1cc(C(F)(F)F)n2nc([C@H]3CCCN(Cc4cc5c(cc4C)OCO5)C3)cc2n1. The Morgan fingerprint density at radius 2 is 1.87 bits per heavy atom. The third-order valence-electron chi connectivity index (χ3n) is 6.01. The highest BCUT2D eigenvalue weighted by atomic mass is 19.4. The van der Waals surface area contributed by atoms with Crippen molar-refractivity contribution in [2.24, 2.45) is 0 Å². The lowest BCUT2D eigenvalue weighted by Crippen LogP contribution is -2.34. The molecule has 0 aliphatic carbocycles. The summed E-state index contributed by atoms with van der Waals surface area (Å²) in [6.07, 6.45) is -2.63. The van der Waals surface area contributed by atoms with Crippen LogP contribution in [0, 0.1) is 13.8 Å². The Hall–Kier alpha value is -2.81. The number of rotatable bonds is 3. The Labute approximate surface area is 177 Å². The molecule has 0 radical (unpaired) electrons. The van der Waals surface area contributed by atoms with Crippen LogP contribution >= 0.6 is 0 Å². The van der Waals surface area contributed by atoms with E-state index in [-0.39, 0.29) is 18.4 Å². The summed E-state index contributed by atoms with van der Waals surface area (Å²) in [4.78, 5) is 6.58. The van der Waals surface area contributed by atoms with Gasteiger partial charge in [0.2, 0.25) is 6.79 Å². The minimum absolute atomic E-state index is 0.0613. The topological polar surface area (TPSA) is 51.9 Å². The number of benzene rings is 1. The van der Waals surface area contributed by atoms with Crippen molar-refractivity contribution in [2.75, 3.05) is 19.9 Å². The van der Waals surface area contributed by atoms with E-state index in [4.69, 9.17) is 9.47 Å². The molecule has 0 spiro atoms. The molecule has 31 heavy (non-hydrogen) atoms. The predicted molar refractivity (Wildman–Crippen MR) is 107 cm³/mol. The molecule has 1 fully saturated rings. The third kappa shape index (κ3) is 3.82. The molecule has 3 aromatic rings. The van der Waals surface area contributed by atoms with Crippen molar-refractivity contribution in [3.63, 3.8) is 0 Å². The smallest absolute Gasteiger partial charge is 0.433 e. The van der Waals surface area contributed by atoms with Crippen LogP contribution < -0.4 is 9.47 Å². The van der Waals surface area contributed by atoms with Crippen LogP contribution in [0.5, 0.6) is 11.5 Å². The van der Waals surface area contributed by atoms with E-state index >= 15 is 0 Å². The average Bonchev–Trinajstić information content (AvgIpc) is 3.33. The zero-order chi connectivity index (χ0) is 21.8. The lowest BCUT2D eigenvalue weighted by Gasteiger charge is -2.32. The molecule has 1 aromatic carbocycles. The normalized spacial score (nSPS) is 19.3. The van der Waals surface area contributed by atoms with Gasteiger partial charge >= 0.3 is 6.18 Å². The quantitative estimate of drug-likeness (QED) is 0.611. The molecule has 4 heterocycles. The fourth-order valence-electron chi connectivity index (χ4n) is 4.46. The minimum atomic E-state index is -4.48. The van der Waals surface area contributed by atoms with Crippen LogP contribution in [-0.4, -0.2) is 39.4 Å². The van der Waals surface area contributed by atoms with Gasteiger partial charge in [-0.1, -0.05) is 0 Å². The average molecular weight is 432 g/mol. The molecule has 2 aromatic heterocycles. The van der Waals surface area contributed by atoms with Crippen LogP contribution in [0.3, 0.4) is 0 Å². The second-order valence-corrected chi connectivity index (χ2v) is 8.33. The van der Waals surface area contributed by atoms with Crippen LogP contribution in [0.1, 0.15) is 47.0 Å². The first-order valence-electron chi connectivity index (χ1n) is 10.3. The molecule has 0 amide bonds. The number of fused-ring (bicyclic) bond motifs is 2. The maximum atomic E-state index is 13.5. The van der Waals surface area contributed by atoms with Crippen molar-refractivity contribution in [3.8, 4) is 11.5 Å². The first kappa shape index (κ1) is 20.1. The number of aryl methyl sites for hydroxylation is 2. The lowest BCUT2D eigenvalue weighted by molar-refractivity contribution is -0.142. The number of likely N-dealkylation sites (tertiary alicyclic amines) is 1. The van der Waals surface area contributed by atoms with Crippen molar-refractivity contribution in [3.05, 3.63) is 52.5 Å². The number of aromatic nitrogens is 3. The lowest BCUT2D eigenvalue weighted by atomic mass is 9.94. The van der Waals surface area contributed by atoms with Gasteiger partial charge < -0.3 is 9.47 Å². The first-order valence-corrected chi connectivity index (χ1v) is 10.3. The van der Waals surface area contributed by atoms with E-state index in [2.05, 4.69) is 15.0 Å². The summed E-state index contributed by atoms with van der Waals surface area (Å²) in [5.41, 5.74) is 2.74. The molecular weight excluding hydrogens is 409 g/mol. The predicted octanol–water partition coefficient (Wildman–Crippen LogP) is 4.47. The van der Waals surface area contributed by atoms with Crippen LogP contribution in [0.4, 0.5) is 13.2 Å². The van der Waals surface area contributed by atoms with Gasteiger partial charge in [0.1, 0.15) is 5.69 Å². The minimum Gasteiger partial charge on any atom is -0.454 e. The van der Waals surface area contributed by atoms with Crippen molar-refractivity contribution < 1.29 is 22.6 Å². The summed E-state index contributed by atoms with van der Waals surface area (Å²) >= 11 is 0. The monoisotopic (exact) mass is 432 g/mol. The van der Waals surface area contributed by atoms with E-state index in [9.17, 15) is 13.2 Å². The van der Waals surface area contributed by atoms with E-state index in [1.807, 2.05) is 19.1 Å². The summed E-state index contributed by atoms with van der Waals surface area (Å²) in [6, 6.07) is 6.75. The van der Waals surface area contributed by atoms with Crippen LogP contribution in [0.2, 0.25) is 0 Å². The number of hydrogen-bond donors (Lipinski definition) is 0. The fourth-order valence-corrected chi connectivity index (χ4v) is 4.46. The molecule has 5 rings (SSSR count). The summed E-state index contributed by atoms with van der Waals surface area (Å²) in [6.45, 7) is 6.27. The number of ether oxygens (including phenoxy) is 2. The molecule has 1 atom stereocenters. The molecule has 0 N–H and O–H groups in total. The van der Waals surface area contributed by atoms with Crippen LogP contribution in [0.25, 0.3) is 5.65 Å². The van der Waals surface area contributed by atoms with E-state index in [1.54, 1.807) is 13.0 Å². The molecular formula is C22H23F3N4O2. The summed E-state index contributed by atoms with van der Waals surface area (Å²) in [7, 11) is 0. The zero-order valence-electron chi connectivity index (χ0n) is 17.4.